The van der Waals surface area contributed by atoms with Crippen molar-refractivity contribution in [2.75, 3.05) is 0 Å². The van der Waals surface area contributed by atoms with Gasteiger partial charge in [-0.25, -0.2) is 0 Å². The summed E-state index contributed by atoms with van der Waals surface area (Å²) in [5, 5.41) is 2.67. The van der Waals surface area contributed by atoms with Crippen molar-refractivity contribution >= 4 is 49.9 Å². The van der Waals surface area contributed by atoms with Crippen molar-refractivity contribution in [2.24, 2.45) is 0 Å². The second-order valence-corrected chi connectivity index (χ2v) is 22.6. The maximum atomic E-state index is 7.50. The van der Waals surface area contributed by atoms with E-state index in [2.05, 4.69) is 157 Å². The molecule has 2 aromatic carbocycles. The second-order valence-electron chi connectivity index (χ2n) is 9.40. The molecule has 0 fully saturated rings. The van der Waals surface area contributed by atoms with Gasteiger partial charge in [-0.15, -0.1) is 0 Å². The van der Waals surface area contributed by atoms with Crippen LogP contribution in [0.15, 0.2) is 85.1 Å². The van der Waals surface area contributed by atoms with Gasteiger partial charge in [0.15, 0.2) is 16.6 Å². The molecule has 0 N–H and O–H groups in total. The zero-order chi connectivity index (χ0) is 31.6. The Morgan fingerprint density at radius 2 is 1.00 bits per heavy atom. The summed E-state index contributed by atoms with van der Waals surface area (Å²) in [5.74, 6) is 0. The molecule has 3 aromatic rings. The van der Waals surface area contributed by atoms with E-state index in [1.807, 2.05) is 12.3 Å². The summed E-state index contributed by atoms with van der Waals surface area (Å²) in [7, 11) is -4.29. The Morgan fingerprint density at radius 1 is 0.690 bits per heavy atom. The summed E-state index contributed by atoms with van der Waals surface area (Å²) in [5.41, 5.74) is 1.15. The van der Waals surface area contributed by atoms with Gasteiger partial charge in [0, 0.05) is 51.6 Å². The number of hydrogen-bond donors (Lipinski definition) is 0. The van der Waals surface area contributed by atoms with Gasteiger partial charge in [0.2, 0.25) is 0 Å². The molecule has 230 valence electrons. The molecule has 1 aromatic heterocycles. The Bertz CT molecular complexity index is 929. The van der Waals surface area contributed by atoms with Crippen LogP contribution in [0.1, 0.15) is 0 Å². The normalized spacial score (nSPS) is 9.36. The molecule has 0 bridgehead atoms. The standard InChI is InChI=1S/C17H14NP.C7H21O2Si3.C3H5.3CO.Fe.Pd/c1-3-9-15(10-4-1)19(16-11-5-2-6-12-16)17-13-7-8-14-18-17;1-10(8-11(2,3)4)9-12(5,6)7;1-3-2;3*1-2;;/h1-14H;1-7H3;3H,1-2H2;;;;;. The van der Waals surface area contributed by atoms with Crippen LogP contribution in [-0.2, 0) is 59.7 Å². The molecule has 0 saturated carbocycles. The first-order valence-corrected chi connectivity index (χ1v) is 22.0. The van der Waals surface area contributed by atoms with Crippen molar-refractivity contribution in [3.63, 3.8) is 0 Å². The third kappa shape index (κ3) is 27.8. The van der Waals surface area contributed by atoms with Gasteiger partial charge in [-0.3, -0.25) is 4.98 Å². The van der Waals surface area contributed by atoms with Crippen LogP contribution in [0.5, 0.6) is 0 Å². The summed E-state index contributed by atoms with van der Waals surface area (Å²) in [6.07, 6.45) is 3.37. The van der Waals surface area contributed by atoms with E-state index in [1.54, 1.807) is 0 Å². The van der Waals surface area contributed by atoms with E-state index in [0.717, 1.165) is 5.44 Å². The molecule has 0 atom stereocenters. The molecule has 0 aliphatic heterocycles. The van der Waals surface area contributed by atoms with Crippen LogP contribution in [0.3, 0.4) is 0 Å². The number of aromatic nitrogens is 1. The van der Waals surface area contributed by atoms with E-state index in [-0.39, 0.29) is 37.5 Å². The molecule has 0 unspecified atom stereocenters. The van der Waals surface area contributed by atoms with Crippen molar-refractivity contribution in [3.8, 4) is 0 Å². The number of pyridine rings is 1. The van der Waals surface area contributed by atoms with Gasteiger partial charge in [0.05, 0.1) is 5.44 Å². The van der Waals surface area contributed by atoms with E-state index >= 15 is 0 Å². The SMILES string of the molecule is C[Si](O[Si](C)(C)C)O[Si](C)(C)C.[C-]#[O+].[C-]#[O+].[C-]#[O+].[CH2][CH][CH2].[Fe].[Pd].c1ccc(P(c2ccccc2)c2ccccn2)cc1. The molecule has 4 radical (unpaired) electrons. The number of hydrogen-bond acceptors (Lipinski definition) is 3. The number of rotatable bonds is 7. The molecule has 6 nitrogen and oxygen atoms in total. The molecule has 0 aliphatic rings. The minimum absolute atomic E-state index is 0. The minimum atomic E-state index is -1.38. The van der Waals surface area contributed by atoms with Crippen molar-refractivity contribution in [3.05, 3.63) is 125 Å². The minimum Gasteiger partial charge on any atom is -0.256 e. The van der Waals surface area contributed by atoms with Crippen LogP contribution < -0.4 is 16.0 Å². The molecule has 12 heteroatoms. The van der Waals surface area contributed by atoms with Crippen LogP contribution >= 0.6 is 7.92 Å². The van der Waals surface area contributed by atoms with E-state index < -0.39 is 33.8 Å². The molecule has 42 heavy (non-hydrogen) atoms. The first-order valence-electron chi connectivity index (χ1n) is 12.0. The Labute approximate surface area is 284 Å². The molecule has 0 amide bonds. The molecule has 3 rings (SSSR count). The third-order valence-corrected chi connectivity index (χ3v) is 13.4. The zero-order valence-corrected chi connectivity index (χ0v) is 31.7. The molecule has 0 spiro atoms. The van der Waals surface area contributed by atoms with Crippen LogP contribution in [-0.4, -0.2) is 30.9 Å². The average molecular weight is 772 g/mol. The fourth-order valence-corrected chi connectivity index (χ4v) is 12.6. The first kappa shape index (κ1) is 50.6. The van der Waals surface area contributed by atoms with Crippen molar-refractivity contribution in [1.82, 2.24) is 4.98 Å². The quantitative estimate of drug-likeness (QED) is 0.121. The largest absolute Gasteiger partial charge is 0.256 e. The zero-order valence-electron chi connectivity index (χ0n) is 25.2. The fourth-order valence-electron chi connectivity index (χ4n) is 2.94. The third-order valence-electron chi connectivity index (χ3n) is 3.81. The van der Waals surface area contributed by atoms with Crippen LogP contribution in [0.25, 0.3) is 0 Å². The summed E-state index contributed by atoms with van der Waals surface area (Å²) in [6.45, 7) is 35.3. The number of nitrogens with zero attached hydrogens (tertiary/aromatic N) is 1. The summed E-state index contributed by atoms with van der Waals surface area (Å²) < 4.78 is 34.2. The first-order chi connectivity index (χ1) is 19.0. The van der Waals surface area contributed by atoms with E-state index in [1.165, 1.54) is 17.0 Å². The van der Waals surface area contributed by atoms with E-state index in [4.69, 9.17) is 22.2 Å². The molecule has 0 aliphatic carbocycles. The van der Waals surface area contributed by atoms with Crippen LogP contribution in [0, 0.1) is 40.2 Å². The van der Waals surface area contributed by atoms with Crippen LogP contribution in [0.4, 0.5) is 0 Å². The Balaban J connectivity index is -0.000000173. The van der Waals surface area contributed by atoms with Gasteiger partial charge in [-0.1, -0.05) is 66.7 Å². The van der Waals surface area contributed by atoms with E-state index in [0.29, 0.717) is 0 Å². The summed E-state index contributed by atoms with van der Waals surface area (Å²) >= 11 is 0. The maximum Gasteiger partial charge on any atom is 0.0720 e. The average Bonchev–Trinajstić information content (AvgIpc) is 2.93. The molecular weight excluding hydrogens is 732 g/mol. The molecule has 0 saturated heterocycles. The maximum absolute atomic E-state index is 7.50. The molecular formula is C30H40FeNO5PPdSi3. The Morgan fingerprint density at radius 3 is 1.26 bits per heavy atom. The number of benzene rings is 2. The monoisotopic (exact) mass is 771 g/mol. The van der Waals surface area contributed by atoms with Crippen molar-refractivity contribution in [1.29, 1.82) is 0 Å². The Kier molecular flexibility index (Phi) is 37.9. The predicted molar refractivity (Wildman–Crippen MR) is 170 cm³/mol. The van der Waals surface area contributed by atoms with Gasteiger partial charge in [-0.05, 0) is 88.8 Å². The smallest absolute Gasteiger partial charge is 0.0720 e. The second kappa shape index (κ2) is 31.4. The van der Waals surface area contributed by atoms with Crippen molar-refractivity contribution < 1.29 is 59.7 Å². The van der Waals surface area contributed by atoms with Gasteiger partial charge in [0.1, 0.15) is 0 Å². The summed E-state index contributed by atoms with van der Waals surface area (Å²) in [6, 6.07) is 27.4. The van der Waals surface area contributed by atoms with Gasteiger partial charge in [-0.2, -0.15) is 0 Å². The van der Waals surface area contributed by atoms with Gasteiger partial charge < -0.3 is 8.23 Å². The predicted octanol–water partition coefficient (Wildman–Crippen LogP) is 6.39. The van der Waals surface area contributed by atoms with Crippen LogP contribution in [0.2, 0.25) is 45.8 Å². The molecule has 1 heterocycles. The van der Waals surface area contributed by atoms with Gasteiger partial charge >= 0.3 is 43.2 Å². The Hall–Kier alpha value is -1.01. The van der Waals surface area contributed by atoms with E-state index in [9.17, 15) is 0 Å². The topological polar surface area (TPSA) is 91.0 Å². The van der Waals surface area contributed by atoms with Gasteiger partial charge in [0.25, 0.3) is 0 Å². The fraction of sp³-hybridized carbons (Fsp3) is 0.233. The van der Waals surface area contributed by atoms with Crippen molar-refractivity contribution in [2.45, 2.75) is 45.8 Å². The summed E-state index contributed by atoms with van der Waals surface area (Å²) in [4.78, 5) is 4.56.